The average Bonchev–Trinajstić information content (AvgIpc) is 3.46. The van der Waals surface area contributed by atoms with Gasteiger partial charge >= 0.3 is 6.18 Å². The molecular formula is C28H34F5N7O2. The second-order valence-electron chi connectivity index (χ2n) is 11.5. The van der Waals surface area contributed by atoms with E-state index >= 15 is 0 Å². The predicted octanol–water partition coefficient (Wildman–Crippen LogP) is 5.77. The monoisotopic (exact) mass is 595 g/mol. The Labute approximate surface area is 239 Å². The fourth-order valence-corrected chi connectivity index (χ4v) is 5.35. The highest BCUT2D eigenvalue weighted by Crippen LogP contribution is 2.41. The van der Waals surface area contributed by atoms with Gasteiger partial charge in [0.25, 0.3) is 5.91 Å². The molecule has 2 atom stereocenters. The first-order valence-corrected chi connectivity index (χ1v) is 14.3. The lowest BCUT2D eigenvalue weighted by molar-refractivity contribution is -0.144. The summed E-state index contributed by atoms with van der Waals surface area (Å²) in [5.74, 6) is -3.17. The van der Waals surface area contributed by atoms with E-state index in [0.29, 0.717) is 34.9 Å². The second-order valence-corrected chi connectivity index (χ2v) is 11.5. The Morgan fingerprint density at radius 2 is 1.88 bits per heavy atom. The van der Waals surface area contributed by atoms with Crippen LogP contribution in [0, 0.1) is 11.8 Å². The van der Waals surface area contributed by atoms with Gasteiger partial charge in [-0.15, -0.1) is 5.10 Å². The van der Waals surface area contributed by atoms with Crippen LogP contribution < -0.4 is 10.6 Å². The number of aromatic amines is 1. The van der Waals surface area contributed by atoms with E-state index in [4.69, 9.17) is 0 Å². The van der Waals surface area contributed by atoms with Crippen LogP contribution in [0.1, 0.15) is 98.7 Å². The number of carbonyl (C=O) groups excluding carboxylic acids is 2. The van der Waals surface area contributed by atoms with Gasteiger partial charge in [0, 0.05) is 19.3 Å². The lowest BCUT2D eigenvalue weighted by atomic mass is 9.81. The van der Waals surface area contributed by atoms with Crippen LogP contribution in [-0.4, -0.2) is 48.9 Å². The Morgan fingerprint density at radius 1 is 1.14 bits per heavy atom. The number of hydrogen-bond acceptors (Lipinski definition) is 5. The van der Waals surface area contributed by atoms with Crippen LogP contribution in [-0.2, 0) is 11.3 Å². The Bertz CT molecular complexity index is 1410. The van der Waals surface area contributed by atoms with E-state index in [0.717, 1.165) is 6.42 Å². The number of rotatable bonds is 11. The van der Waals surface area contributed by atoms with E-state index in [9.17, 15) is 31.5 Å². The number of alkyl halides is 5. The van der Waals surface area contributed by atoms with Crippen molar-refractivity contribution < 1.29 is 31.5 Å². The molecule has 0 unspecified atom stereocenters. The molecule has 9 nitrogen and oxygen atoms in total. The topological polar surface area (TPSA) is 118 Å². The lowest BCUT2D eigenvalue weighted by Gasteiger charge is -2.33. The van der Waals surface area contributed by atoms with Crippen LogP contribution >= 0.6 is 0 Å². The summed E-state index contributed by atoms with van der Waals surface area (Å²) in [6.07, 6.45) is -1.75. The smallest absolute Gasteiger partial charge is 0.350 e. The van der Waals surface area contributed by atoms with Crippen molar-refractivity contribution in [1.82, 2.24) is 35.6 Å². The number of amides is 2. The number of benzene rings is 1. The first-order chi connectivity index (χ1) is 19.8. The largest absolute Gasteiger partial charge is 0.389 e. The maximum atomic E-state index is 14.0. The molecule has 0 spiro atoms. The first-order valence-electron chi connectivity index (χ1n) is 14.3. The molecule has 5 rings (SSSR count). The van der Waals surface area contributed by atoms with E-state index in [1.165, 1.54) is 23.8 Å². The maximum absolute atomic E-state index is 14.0. The van der Waals surface area contributed by atoms with Crippen molar-refractivity contribution >= 4 is 22.8 Å². The molecule has 2 heterocycles. The number of H-pyrrole nitrogens is 1. The van der Waals surface area contributed by atoms with Gasteiger partial charge in [-0.1, -0.05) is 18.9 Å². The average molecular weight is 596 g/mol. The summed E-state index contributed by atoms with van der Waals surface area (Å²) in [5.41, 5.74) is 1.89. The van der Waals surface area contributed by atoms with Crippen LogP contribution in [0.25, 0.3) is 11.0 Å². The van der Waals surface area contributed by atoms with E-state index in [1.807, 2.05) is 0 Å². The molecule has 2 aliphatic carbocycles. The van der Waals surface area contributed by atoms with Gasteiger partial charge in [-0.05, 0) is 55.7 Å². The van der Waals surface area contributed by atoms with E-state index < -0.39 is 48.8 Å². The number of carbonyl (C=O) groups is 2. The second kappa shape index (κ2) is 12.0. The van der Waals surface area contributed by atoms with Crippen molar-refractivity contribution in [3.63, 3.8) is 0 Å². The highest BCUT2D eigenvalue weighted by Gasteiger charge is 2.40. The molecule has 0 aliphatic heterocycles. The first kappa shape index (κ1) is 29.9. The standard InChI is InChI=1S/C28H34F5N7O2/c1-16(35-23(41)8-12-28(31,32)33)19-4-5-20-21(14-19)37-25(36-20)24(18-6-10-27(29,30)11-7-18)38-26(42)22-15-34-40(39-22)13-9-17-2-3-17/h4-5,14-18,24H,2-3,6-13H2,1H3,(H,35,41)(H,36,37)(H,38,42)/t16-,24+/m1/s1. The Morgan fingerprint density at radius 3 is 2.57 bits per heavy atom. The van der Waals surface area contributed by atoms with Crippen LogP contribution in [0.5, 0.6) is 0 Å². The molecule has 2 fully saturated rings. The molecule has 2 aromatic heterocycles. The van der Waals surface area contributed by atoms with Gasteiger partial charge in [0.2, 0.25) is 11.8 Å². The maximum Gasteiger partial charge on any atom is 0.389 e. The van der Waals surface area contributed by atoms with Crippen molar-refractivity contribution in [2.24, 2.45) is 11.8 Å². The summed E-state index contributed by atoms with van der Waals surface area (Å²) in [7, 11) is 0. The molecule has 1 aromatic carbocycles. The molecule has 2 saturated carbocycles. The molecule has 228 valence electrons. The van der Waals surface area contributed by atoms with Gasteiger partial charge in [0.05, 0.1) is 42.3 Å². The minimum atomic E-state index is -4.42. The summed E-state index contributed by atoms with van der Waals surface area (Å²) in [5, 5.41) is 14.0. The van der Waals surface area contributed by atoms with Crippen LogP contribution in [0.15, 0.2) is 24.4 Å². The van der Waals surface area contributed by atoms with Crippen molar-refractivity contribution in [2.75, 3.05) is 0 Å². The van der Waals surface area contributed by atoms with Gasteiger partial charge in [0.1, 0.15) is 5.82 Å². The molecule has 3 aromatic rings. The summed E-state index contributed by atoms with van der Waals surface area (Å²) >= 11 is 0. The number of nitrogens with zero attached hydrogens (tertiary/aromatic N) is 4. The number of fused-ring (bicyclic) bond motifs is 1. The SMILES string of the molecule is C[C@@H](NC(=O)CCC(F)(F)F)c1ccc2nc([C@@H](NC(=O)c3cnn(CCC4CC4)n3)C3CCC(F)(F)CC3)[nH]c2c1. The molecule has 14 heteroatoms. The van der Waals surface area contributed by atoms with E-state index in [2.05, 4.69) is 30.8 Å². The van der Waals surface area contributed by atoms with Crippen molar-refractivity contribution in [1.29, 1.82) is 0 Å². The molecule has 2 amide bonds. The minimum Gasteiger partial charge on any atom is -0.350 e. The molecule has 3 N–H and O–H groups in total. The molecule has 0 saturated heterocycles. The van der Waals surface area contributed by atoms with Gasteiger partial charge in [-0.2, -0.15) is 23.1 Å². The lowest BCUT2D eigenvalue weighted by Crippen LogP contribution is -2.38. The summed E-state index contributed by atoms with van der Waals surface area (Å²) < 4.78 is 65.3. The van der Waals surface area contributed by atoms with Crippen molar-refractivity contribution in [2.45, 2.75) is 95.4 Å². The van der Waals surface area contributed by atoms with Gasteiger partial charge in [-0.3, -0.25) is 9.59 Å². The summed E-state index contributed by atoms with van der Waals surface area (Å²) in [6.45, 7) is 2.28. The van der Waals surface area contributed by atoms with Crippen LogP contribution in [0.3, 0.4) is 0 Å². The Kier molecular flexibility index (Phi) is 8.51. The normalized spacial score (nSPS) is 19.0. The van der Waals surface area contributed by atoms with Crippen LogP contribution in [0.4, 0.5) is 22.0 Å². The highest BCUT2D eigenvalue weighted by molar-refractivity contribution is 5.92. The van der Waals surface area contributed by atoms with Gasteiger partial charge in [0.15, 0.2) is 5.69 Å². The third-order valence-corrected chi connectivity index (χ3v) is 8.06. The molecule has 42 heavy (non-hydrogen) atoms. The third kappa shape index (κ3) is 7.82. The third-order valence-electron chi connectivity index (χ3n) is 8.06. The van der Waals surface area contributed by atoms with Gasteiger partial charge in [-0.25, -0.2) is 13.8 Å². The quantitative estimate of drug-likeness (QED) is 0.243. The van der Waals surface area contributed by atoms with E-state index in [1.54, 1.807) is 25.1 Å². The Hall–Kier alpha value is -3.58. The highest BCUT2D eigenvalue weighted by atomic mass is 19.4. The fourth-order valence-electron chi connectivity index (χ4n) is 5.35. The zero-order valence-corrected chi connectivity index (χ0v) is 23.2. The summed E-state index contributed by atoms with van der Waals surface area (Å²) in [6, 6.07) is 3.86. The molecule has 0 bridgehead atoms. The van der Waals surface area contributed by atoms with Crippen molar-refractivity contribution in [3.05, 3.63) is 41.5 Å². The number of halogens is 5. The number of aromatic nitrogens is 5. The molecule has 0 radical (unpaired) electrons. The minimum absolute atomic E-state index is 0.130. The summed E-state index contributed by atoms with van der Waals surface area (Å²) in [4.78, 5) is 34.5. The van der Waals surface area contributed by atoms with Gasteiger partial charge < -0.3 is 15.6 Å². The zero-order chi connectivity index (χ0) is 30.1. The van der Waals surface area contributed by atoms with Crippen molar-refractivity contribution in [3.8, 4) is 0 Å². The molecule has 2 aliphatic rings. The Balaban J connectivity index is 1.32. The number of imidazole rings is 1. The number of aryl methyl sites for hydroxylation is 1. The predicted molar refractivity (Wildman–Crippen MR) is 142 cm³/mol. The fraction of sp³-hybridized carbons (Fsp3) is 0.607. The van der Waals surface area contributed by atoms with Crippen LogP contribution in [0.2, 0.25) is 0 Å². The molecular weight excluding hydrogens is 561 g/mol. The number of hydrogen-bond donors (Lipinski definition) is 3. The van der Waals surface area contributed by atoms with E-state index in [-0.39, 0.29) is 37.3 Å². The number of nitrogens with one attached hydrogen (secondary N) is 3. The zero-order valence-electron chi connectivity index (χ0n) is 23.2.